The summed E-state index contributed by atoms with van der Waals surface area (Å²) in [5, 5.41) is 19.4. The fraction of sp³-hybridized carbons (Fsp3) is 1.00. The molecule has 3 saturated heterocycles. The highest BCUT2D eigenvalue weighted by molar-refractivity contribution is 5.05. The first kappa shape index (κ1) is 10.9. The van der Waals surface area contributed by atoms with Gasteiger partial charge in [-0.25, -0.2) is 0 Å². The molecule has 0 aliphatic carbocycles. The minimum absolute atomic E-state index is 0.290. The van der Waals surface area contributed by atoms with Crippen LogP contribution in [-0.4, -0.2) is 59.4 Å². The molecule has 3 rings (SSSR count). The zero-order valence-corrected chi connectivity index (χ0v) is 9.25. The Labute approximate surface area is 93.0 Å². The van der Waals surface area contributed by atoms with Gasteiger partial charge in [0.2, 0.25) is 5.79 Å². The Morgan fingerprint density at radius 1 is 1.19 bits per heavy atom. The van der Waals surface area contributed by atoms with E-state index in [0.717, 1.165) is 0 Å². The summed E-state index contributed by atoms with van der Waals surface area (Å²) in [5.74, 6) is -2.07. The first-order valence-corrected chi connectivity index (χ1v) is 5.44. The molecular weight excluding hydrogens is 216 g/mol. The molecule has 0 aromatic carbocycles. The van der Waals surface area contributed by atoms with Crippen molar-refractivity contribution in [3.63, 3.8) is 0 Å². The Morgan fingerprint density at radius 3 is 2.56 bits per heavy atom. The molecule has 5 atom stereocenters. The Hall–Kier alpha value is -0.240. The number of rotatable bonds is 1. The maximum Gasteiger partial charge on any atom is 0.221 e. The van der Waals surface area contributed by atoms with E-state index < -0.39 is 30.4 Å². The van der Waals surface area contributed by atoms with E-state index in [-0.39, 0.29) is 12.2 Å². The highest BCUT2D eigenvalue weighted by Crippen LogP contribution is 2.45. The average Bonchev–Trinajstić information content (AvgIpc) is 2.76. The van der Waals surface area contributed by atoms with E-state index in [2.05, 4.69) is 0 Å². The minimum atomic E-state index is -1.34. The number of hydrogen-bond acceptors (Lipinski definition) is 6. The van der Waals surface area contributed by atoms with Gasteiger partial charge in [-0.2, -0.15) is 0 Å². The average molecular weight is 232 g/mol. The van der Waals surface area contributed by atoms with Gasteiger partial charge < -0.3 is 29.2 Å². The molecule has 0 spiro atoms. The van der Waals surface area contributed by atoms with E-state index in [1.54, 1.807) is 13.8 Å². The summed E-state index contributed by atoms with van der Waals surface area (Å²) < 4.78 is 22.2. The standard InChI is InChI=1S/C10H16O6/c1-9(2)15-6-5-3-13-10(4-11,14-5)8(12)7(6)16-9/h5-8,11-12H,3-4H2,1-2H3. The number of ether oxygens (including phenoxy) is 4. The van der Waals surface area contributed by atoms with E-state index in [4.69, 9.17) is 18.9 Å². The van der Waals surface area contributed by atoms with Crippen LogP contribution >= 0.6 is 0 Å². The molecule has 2 N–H and O–H groups in total. The zero-order valence-electron chi connectivity index (χ0n) is 9.25. The van der Waals surface area contributed by atoms with Crippen molar-refractivity contribution in [2.75, 3.05) is 13.2 Å². The predicted molar refractivity (Wildman–Crippen MR) is 50.5 cm³/mol. The summed E-state index contributed by atoms with van der Waals surface area (Å²) in [7, 11) is 0. The molecule has 0 saturated carbocycles. The summed E-state index contributed by atoms with van der Waals surface area (Å²) in [6, 6.07) is 0. The quantitative estimate of drug-likeness (QED) is 0.603. The lowest BCUT2D eigenvalue weighted by atomic mass is 9.95. The van der Waals surface area contributed by atoms with Gasteiger partial charge in [-0.3, -0.25) is 0 Å². The summed E-state index contributed by atoms with van der Waals surface area (Å²) in [5.41, 5.74) is 0. The van der Waals surface area contributed by atoms with Crippen molar-refractivity contribution in [3.8, 4) is 0 Å². The maximum atomic E-state index is 10.1. The molecule has 6 nitrogen and oxygen atoms in total. The molecule has 16 heavy (non-hydrogen) atoms. The number of aliphatic hydroxyl groups is 2. The largest absolute Gasteiger partial charge is 0.391 e. The van der Waals surface area contributed by atoms with Crippen LogP contribution in [0.4, 0.5) is 0 Å². The van der Waals surface area contributed by atoms with Crippen molar-refractivity contribution < 1.29 is 29.2 Å². The Kier molecular flexibility index (Phi) is 2.15. The second-order valence-corrected chi connectivity index (χ2v) is 4.95. The molecule has 0 aromatic heterocycles. The molecule has 0 aromatic rings. The summed E-state index contributed by atoms with van der Waals surface area (Å²) in [6.07, 6.45) is -2.18. The van der Waals surface area contributed by atoms with Crippen LogP contribution in [0.15, 0.2) is 0 Å². The Balaban J connectivity index is 1.92. The number of hydrogen-bond donors (Lipinski definition) is 2. The molecule has 2 bridgehead atoms. The molecule has 92 valence electrons. The van der Waals surface area contributed by atoms with Crippen molar-refractivity contribution in [2.45, 2.75) is 49.8 Å². The predicted octanol–water partition coefficient (Wildman–Crippen LogP) is -1.01. The van der Waals surface area contributed by atoms with Crippen LogP contribution in [0.1, 0.15) is 13.8 Å². The van der Waals surface area contributed by atoms with Crippen molar-refractivity contribution in [2.24, 2.45) is 0 Å². The first-order chi connectivity index (χ1) is 7.47. The molecule has 5 unspecified atom stereocenters. The second kappa shape index (κ2) is 3.16. The Morgan fingerprint density at radius 2 is 1.88 bits per heavy atom. The monoisotopic (exact) mass is 232 g/mol. The van der Waals surface area contributed by atoms with Crippen LogP contribution in [0, 0.1) is 0 Å². The van der Waals surface area contributed by atoms with Gasteiger partial charge in [0.25, 0.3) is 0 Å². The number of aliphatic hydroxyl groups excluding tert-OH is 2. The Bertz CT molecular complexity index is 306. The van der Waals surface area contributed by atoms with E-state index in [9.17, 15) is 10.2 Å². The van der Waals surface area contributed by atoms with Crippen molar-refractivity contribution in [1.82, 2.24) is 0 Å². The van der Waals surface area contributed by atoms with Gasteiger partial charge in [0.15, 0.2) is 5.79 Å². The molecule has 3 aliphatic rings. The molecular formula is C10H16O6. The fourth-order valence-corrected chi connectivity index (χ4v) is 2.64. The van der Waals surface area contributed by atoms with E-state index in [0.29, 0.717) is 6.61 Å². The lowest BCUT2D eigenvalue weighted by Gasteiger charge is -2.39. The van der Waals surface area contributed by atoms with Gasteiger partial charge in [-0.15, -0.1) is 0 Å². The van der Waals surface area contributed by atoms with Crippen LogP contribution in [0.3, 0.4) is 0 Å². The normalized spacial score (nSPS) is 54.0. The van der Waals surface area contributed by atoms with Gasteiger partial charge >= 0.3 is 0 Å². The maximum absolute atomic E-state index is 10.1. The van der Waals surface area contributed by atoms with Crippen molar-refractivity contribution >= 4 is 0 Å². The van der Waals surface area contributed by atoms with E-state index in [1.807, 2.05) is 0 Å². The van der Waals surface area contributed by atoms with Gasteiger partial charge in [-0.1, -0.05) is 0 Å². The van der Waals surface area contributed by atoms with Gasteiger partial charge in [0.1, 0.15) is 31.0 Å². The molecule has 0 radical (unpaired) electrons. The SMILES string of the molecule is CC1(C)OC2C3COC(CO)(O3)C(O)C2O1. The molecule has 3 aliphatic heterocycles. The second-order valence-electron chi connectivity index (χ2n) is 4.95. The molecule has 6 heteroatoms. The zero-order chi connectivity index (χ0) is 11.6. The summed E-state index contributed by atoms with van der Waals surface area (Å²) in [4.78, 5) is 0. The lowest BCUT2D eigenvalue weighted by molar-refractivity contribution is -0.291. The minimum Gasteiger partial charge on any atom is -0.391 e. The number of fused-ring (bicyclic) bond motifs is 4. The fourth-order valence-electron chi connectivity index (χ4n) is 2.64. The topological polar surface area (TPSA) is 77.4 Å². The summed E-state index contributed by atoms with van der Waals surface area (Å²) in [6.45, 7) is 3.49. The smallest absolute Gasteiger partial charge is 0.221 e. The first-order valence-electron chi connectivity index (χ1n) is 5.44. The van der Waals surface area contributed by atoms with Crippen LogP contribution in [0.5, 0.6) is 0 Å². The molecule has 3 heterocycles. The van der Waals surface area contributed by atoms with Crippen LogP contribution < -0.4 is 0 Å². The van der Waals surface area contributed by atoms with Gasteiger partial charge in [-0.05, 0) is 13.8 Å². The van der Waals surface area contributed by atoms with E-state index in [1.165, 1.54) is 0 Å². The van der Waals surface area contributed by atoms with Crippen LogP contribution in [0.2, 0.25) is 0 Å². The third-order valence-electron chi connectivity index (χ3n) is 3.36. The van der Waals surface area contributed by atoms with Gasteiger partial charge in [0, 0.05) is 0 Å². The lowest BCUT2D eigenvalue weighted by Crippen LogP contribution is -2.61. The van der Waals surface area contributed by atoms with Gasteiger partial charge in [0.05, 0.1) is 6.61 Å². The highest BCUT2D eigenvalue weighted by atomic mass is 16.8. The van der Waals surface area contributed by atoms with Crippen LogP contribution in [-0.2, 0) is 18.9 Å². The third kappa shape index (κ3) is 1.28. The van der Waals surface area contributed by atoms with E-state index >= 15 is 0 Å². The van der Waals surface area contributed by atoms with Crippen LogP contribution in [0.25, 0.3) is 0 Å². The third-order valence-corrected chi connectivity index (χ3v) is 3.36. The molecule has 0 amide bonds. The molecule has 3 fully saturated rings. The summed E-state index contributed by atoms with van der Waals surface area (Å²) >= 11 is 0. The van der Waals surface area contributed by atoms with Crippen molar-refractivity contribution in [3.05, 3.63) is 0 Å². The van der Waals surface area contributed by atoms with Crippen molar-refractivity contribution in [1.29, 1.82) is 0 Å². The highest BCUT2D eigenvalue weighted by Gasteiger charge is 2.64.